The minimum absolute atomic E-state index is 0.320. The van der Waals surface area contributed by atoms with Crippen LogP contribution < -0.4 is 0 Å². The maximum absolute atomic E-state index is 3.82. The zero-order chi connectivity index (χ0) is 15.7. The van der Waals surface area contributed by atoms with Gasteiger partial charge in [-0.2, -0.15) is 10.1 Å². The highest BCUT2D eigenvalue weighted by Crippen LogP contribution is 2.37. The van der Waals surface area contributed by atoms with Crippen LogP contribution in [0.25, 0.3) is 0 Å². The molecule has 21 heavy (non-hydrogen) atoms. The van der Waals surface area contributed by atoms with Crippen molar-refractivity contribution in [3.8, 4) is 0 Å². The number of rotatable bonds is 4. The molecule has 2 rings (SSSR count). The van der Waals surface area contributed by atoms with Gasteiger partial charge in [-0.1, -0.05) is 32.5 Å². The summed E-state index contributed by atoms with van der Waals surface area (Å²) in [7, 11) is 4.14. The van der Waals surface area contributed by atoms with Gasteiger partial charge in [0.1, 0.15) is 0 Å². The predicted octanol–water partition coefficient (Wildman–Crippen LogP) is 5.42. The van der Waals surface area contributed by atoms with E-state index in [9.17, 15) is 0 Å². The molecule has 0 amide bonds. The fraction of sp³-hybridized carbons (Fsp3) is 0.579. The van der Waals surface area contributed by atoms with Crippen LogP contribution in [0.15, 0.2) is 11.1 Å². The molecular formula is C19H29PS. The summed E-state index contributed by atoms with van der Waals surface area (Å²) in [5.74, 6) is 1.23. The van der Waals surface area contributed by atoms with Gasteiger partial charge in [-0.25, -0.2) is 0 Å². The summed E-state index contributed by atoms with van der Waals surface area (Å²) in [6, 6.07) is 0. The Balaban J connectivity index is 2.49. The quantitative estimate of drug-likeness (QED) is 0.513. The largest absolute Gasteiger partial charge is 0.164 e. The van der Waals surface area contributed by atoms with Crippen LogP contribution in [0.5, 0.6) is 0 Å². The Morgan fingerprint density at radius 3 is 1.81 bits per heavy atom. The number of fused-ring (bicyclic) bond motifs is 1. The third kappa shape index (κ3) is 3.35. The topological polar surface area (TPSA) is 0 Å². The minimum atomic E-state index is 0.320. The Morgan fingerprint density at radius 2 is 1.43 bits per heavy atom. The molecule has 1 aromatic rings. The van der Waals surface area contributed by atoms with E-state index in [1.54, 1.807) is 22.3 Å². The molecule has 0 spiro atoms. The second kappa shape index (κ2) is 6.80. The first-order valence-corrected chi connectivity index (χ1v) is 11.0. The summed E-state index contributed by atoms with van der Waals surface area (Å²) in [6.07, 6.45) is 7.21. The average molecular weight is 320 g/mol. The van der Waals surface area contributed by atoms with Gasteiger partial charge in [-0.05, 0) is 86.6 Å². The van der Waals surface area contributed by atoms with Gasteiger partial charge in [0.2, 0.25) is 0 Å². The molecule has 0 N–H and O–H groups in total. The lowest BCUT2D eigenvalue weighted by Crippen LogP contribution is -2.01. The number of hydrogen-bond acceptors (Lipinski definition) is 0. The molecule has 0 bridgehead atoms. The molecule has 0 fully saturated rings. The predicted molar refractivity (Wildman–Crippen MR) is 101 cm³/mol. The van der Waals surface area contributed by atoms with Crippen LogP contribution in [0.4, 0.5) is 0 Å². The van der Waals surface area contributed by atoms with Crippen LogP contribution in [0, 0.1) is 27.7 Å². The van der Waals surface area contributed by atoms with Gasteiger partial charge >= 0.3 is 0 Å². The monoisotopic (exact) mass is 320 g/mol. The standard InChI is InChI=1S/C19H29PS/c1-7-8-16(11-21(6)20)17-9-18-14(4)12(2)13(3)15(5)19(18)10-17/h20H,7-11H2,1-6H3. The smallest absolute Gasteiger partial charge is 0.0129 e. The van der Waals surface area contributed by atoms with E-state index >= 15 is 0 Å². The molecule has 0 saturated heterocycles. The third-order valence-electron chi connectivity index (χ3n) is 5.18. The summed E-state index contributed by atoms with van der Waals surface area (Å²) in [4.78, 5) is 0. The van der Waals surface area contributed by atoms with E-state index < -0.39 is 0 Å². The molecule has 2 heteroatoms. The van der Waals surface area contributed by atoms with E-state index in [2.05, 4.69) is 48.9 Å². The van der Waals surface area contributed by atoms with Crippen molar-refractivity contribution in [3.63, 3.8) is 0 Å². The van der Waals surface area contributed by atoms with Gasteiger partial charge in [0.25, 0.3) is 0 Å². The van der Waals surface area contributed by atoms with E-state index in [0.717, 1.165) is 0 Å². The van der Waals surface area contributed by atoms with Crippen molar-refractivity contribution in [3.05, 3.63) is 44.5 Å². The molecule has 116 valence electrons. The van der Waals surface area contributed by atoms with Crippen LogP contribution in [0.1, 0.15) is 53.1 Å². The SMILES string of the molecule is CCCC(CS(C)=P)=C1Cc2c(C)c(C)c(C)c(C)c2C1. The lowest BCUT2D eigenvalue weighted by atomic mass is 9.90. The number of benzene rings is 1. The first-order chi connectivity index (χ1) is 9.86. The van der Waals surface area contributed by atoms with Crippen LogP contribution >= 0.6 is 8.02 Å². The van der Waals surface area contributed by atoms with Crippen molar-refractivity contribution in [1.82, 2.24) is 0 Å². The zero-order valence-corrected chi connectivity index (χ0v) is 16.3. The van der Waals surface area contributed by atoms with Crippen molar-refractivity contribution in [2.24, 2.45) is 0 Å². The zero-order valence-electron chi connectivity index (χ0n) is 14.4. The molecule has 0 saturated carbocycles. The fourth-order valence-electron chi connectivity index (χ4n) is 3.60. The summed E-state index contributed by atoms with van der Waals surface area (Å²) < 4.78 is 0. The molecule has 1 aliphatic rings. The van der Waals surface area contributed by atoms with Crippen LogP contribution in [-0.4, -0.2) is 12.0 Å². The third-order valence-corrected chi connectivity index (χ3v) is 6.39. The van der Waals surface area contributed by atoms with Crippen molar-refractivity contribution in [1.29, 1.82) is 0 Å². The van der Waals surface area contributed by atoms with Gasteiger partial charge < -0.3 is 0 Å². The molecule has 0 heterocycles. The van der Waals surface area contributed by atoms with E-state index in [1.165, 1.54) is 53.7 Å². The average Bonchev–Trinajstić information content (AvgIpc) is 2.87. The first kappa shape index (κ1) is 17.0. The lowest BCUT2D eigenvalue weighted by molar-refractivity contribution is 0.880. The molecule has 0 aliphatic heterocycles. The number of hydrogen-bond donors (Lipinski definition) is 0. The maximum Gasteiger partial charge on any atom is 0.0129 e. The molecule has 1 aromatic carbocycles. The molecule has 0 aromatic heterocycles. The summed E-state index contributed by atoms with van der Waals surface area (Å²) in [5.41, 5.74) is 12.7. The van der Waals surface area contributed by atoms with Crippen molar-refractivity contribution < 1.29 is 0 Å². The molecular weight excluding hydrogens is 291 g/mol. The molecule has 1 atom stereocenters. The first-order valence-electron chi connectivity index (χ1n) is 7.98. The fourth-order valence-corrected chi connectivity index (χ4v) is 4.99. The van der Waals surface area contributed by atoms with E-state index in [0.29, 0.717) is 10.1 Å². The second-order valence-electron chi connectivity index (χ2n) is 6.55. The Morgan fingerprint density at radius 1 is 0.952 bits per heavy atom. The lowest BCUT2D eigenvalue weighted by Gasteiger charge is -2.15. The summed E-state index contributed by atoms with van der Waals surface area (Å²) >= 11 is 0. The van der Waals surface area contributed by atoms with Crippen LogP contribution in [0.2, 0.25) is 0 Å². The Labute approximate surface area is 135 Å². The number of allylic oxidation sites excluding steroid dienone is 1. The van der Waals surface area contributed by atoms with E-state index in [4.69, 9.17) is 0 Å². The minimum Gasteiger partial charge on any atom is -0.164 e. The normalized spacial score (nSPS) is 15.2. The van der Waals surface area contributed by atoms with Gasteiger partial charge in [0.15, 0.2) is 0 Å². The highest BCUT2D eigenvalue weighted by atomic mass is 32.5. The van der Waals surface area contributed by atoms with Crippen molar-refractivity contribution in [2.45, 2.75) is 60.3 Å². The van der Waals surface area contributed by atoms with Crippen LogP contribution in [-0.2, 0) is 22.9 Å². The Hall–Kier alpha value is -0.390. The van der Waals surface area contributed by atoms with Crippen LogP contribution in [0.3, 0.4) is 0 Å². The van der Waals surface area contributed by atoms with Gasteiger partial charge in [-0.3, -0.25) is 0 Å². The van der Waals surface area contributed by atoms with E-state index in [-0.39, 0.29) is 0 Å². The highest BCUT2D eigenvalue weighted by Gasteiger charge is 2.24. The van der Waals surface area contributed by atoms with Gasteiger partial charge in [0, 0.05) is 5.75 Å². The molecule has 0 nitrogen and oxygen atoms in total. The molecule has 1 aliphatic carbocycles. The van der Waals surface area contributed by atoms with Gasteiger partial charge in [0.05, 0.1) is 0 Å². The highest BCUT2D eigenvalue weighted by molar-refractivity contribution is 8.15. The van der Waals surface area contributed by atoms with Gasteiger partial charge in [-0.15, -0.1) is 0 Å². The molecule has 1 unspecified atom stereocenters. The Kier molecular flexibility index (Phi) is 5.49. The summed E-state index contributed by atoms with van der Waals surface area (Å²) in [6.45, 7) is 11.5. The maximum atomic E-state index is 3.82. The van der Waals surface area contributed by atoms with E-state index in [1.807, 2.05) is 0 Å². The Bertz CT molecular complexity index is 584. The second-order valence-corrected chi connectivity index (χ2v) is 10.2. The molecule has 0 radical (unpaired) electrons. The van der Waals surface area contributed by atoms with Crippen molar-refractivity contribution >= 4 is 18.1 Å². The summed E-state index contributed by atoms with van der Waals surface area (Å²) in [5, 5.41) is 0. The van der Waals surface area contributed by atoms with Crippen molar-refractivity contribution in [2.75, 3.05) is 12.0 Å².